The molecule has 24 heavy (non-hydrogen) atoms. The van der Waals surface area contributed by atoms with Crippen molar-refractivity contribution >= 4 is 29.9 Å². The summed E-state index contributed by atoms with van der Waals surface area (Å²) in [5.74, 6) is 1.55. The van der Waals surface area contributed by atoms with Crippen molar-refractivity contribution in [1.29, 1.82) is 0 Å². The summed E-state index contributed by atoms with van der Waals surface area (Å²) in [5, 5.41) is 7.03. The number of hydrogen-bond acceptors (Lipinski definition) is 2. The zero-order valence-electron chi connectivity index (χ0n) is 14.8. The van der Waals surface area contributed by atoms with Crippen molar-refractivity contribution in [3.05, 3.63) is 35.4 Å². The molecule has 1 aromatic carbocycles. The average molecular weight is 443 g/mol. The summed E-state index contributed by atoms with van der Waals surface area (Å²) in [6.07, 6.45) is 6.27. The van der Waals surface area contributed by atoms with Crippen LogP contribution in [0, 0.1) is 5.41 Å². The predicted octanol–water partition coefficient (Wildman–Crippen LogP) is 3.32. The third-order valence-corrected chi connectivity index (χ3v) is 5.58. The maximum atomic E-state index is 5.27. The Labute approximate surface area is 162 Å². The molecule has 0 aliphatic heterocycles. The molecule has 5 heteroatoms. The summed E-state index contributed by atoms with van der Waals surface area (Å²) < 4.78 is 5.27. The van der Waals surface area contributed by atoms with Gasteiger partial charge >= 0.3 is 0 Å². The van der Waals surface area contributed by atoms with Gasteiger partial charge in [-0.05, 0) is 42.2 Å². The number of rotatable bonds is 7. The monoisotopic (exact) mass is 443 g/mol. The predicted molar refractivity (Wildman–Crippen MR) is 110 cm³/mol. The third kappa shape index (κ3) is 4.42. The number of guanidine groups is 1. The summed E-state index contributed by atoms with van der Waals surface area (Å²) >= 11 is 0. The van der Waals surface area contributed by atoms with Crippen LogP contribution in [0.25, 0.3) is 0 Å². The van der Waals surface area contributed by atoms with Crippen LogP contribution in [0.3, 0.4) is 0 Å². The van der Waals surface area contributed by atoms with Crippen molar-refractivity contribution in [3.63, 3.8) is 0 Å². The number of nitrogens with zero attached hydrogens (tertiary/aromatic N) is 1. The zero-order valence-corrected chi connectivity index (χ0v) is 17.1. The Morgan fingerprint density at radius 2 is 2.08 bits per heavy atom. The van der Waals surface area contributed by atoms with Gasteiger partial charge < -0.3 is 15.4 Å². The Bertz CT molecular complexity index is 557. The van der Waals surface area contributed by atoms with E-state index in [1.165, 1.54) is 36.8 Å². The van der Waals surface area contributed by atoms with Crippen LogP contribution in [0.1, 0.15) is 42.7 Å². The van der Waals surface area contributed by atoms with Crippen LogP contribution >= 0.6 is 24.0 Å². The zero-order chi connectivity index (χ0) is 16.1. The van der Waals surface area contributed by atoms with Gasteiger partial charge in [-0.25, -0.2) is 0 Å². The molecule has 1 atom stereocenters. The van der Waals surface area contributed by atoms with Crippen LogP contribution in [0.5, 0.6) is 0 Å². The van der Waals surface area contributed by atoms with Crippen LogP contribution < -0.4 is 10.6 Å². The minimum atomic E-state index is 0. The SMILES string of the molecule is CN=C(NCC1Cc2ccccc21)NCC1(CCOC)CCC1.I. The fourth-order valence-corrected chi connectivity index (χ4v) is 3.77. The highest BCUT2D eigenvalue weighted by molar-refractivity contribution is 14.0. The second-order valence-corrected chi connectivity index (χ2v) is 7.00. The first kappa shape index (κ1) is 19.5. The highest BCUT2D eigenvalue weighted by Crippen LogP contribution is 2.43. The highest BCUT2D eigenvalue weighted by atomic mass is 127. The quantitative estimate of drug-likeness (QED) is 0.386. The number of nitrogens with one attached hydrogen (secondary N) is 2. The molecule has 0 amide bonds. The normalized spacial score (nSPS) is 20.9. The van der Waals surface area contributed by atoms with Gasteiger partial charge in [0.2, 0.25) is 0 Å². The lowest BCUT2D eigenvalue weighted by Gasteiger charge is -2.42. The number of benzene rings is 1. The van der Waals surface area contributed by atoms with Crippen molar-refractivity contribution in [2.24, 2.45) is 10.4 Å². The smallest absolute Gasteiger partial charge is 0.191 e. The molecule has 0 heterocycles. The van der Waals surface area contributed by atoms with Gasteiger partial charge in [0, 0.05) is 39.8 Å². The lowest BCUT2D eigenvalue weighted by atomic mass is 9.67. The van der Waals surface area contributed by atoms with Crippen LogP contribution in [0.4, 0.5) is 0 Å². The van der Waals surface area contributed by atoms with Gasteiger partial charge in [0.05, 0.1) is 0 Å². The molecule has 2 aliphatic rings. The molecule has 0 spiro atoms. The lowest BCUT2D eigenvalue weighted by Crippen LogP contribution is -2.48. The van der Waals surface area contributed by atoms with Crippen molar-refractivity contribution in [2.75, 3.05) is 33.9 Å². The van der Waals surface area contributed by atoms with E-state index in [9.17, 15) is 0 Å². The number of halogens is 1. The molecule has 2 N–H and O–H groups in total. The van der Waals surface area contributed by atoms with Gasteiger partial charge in [-0.2, -0.15) is 0 Å². The van der Waals surface area contributed by atoms with Gasteiger partial charge in [-0.1, -0.05) is 30.7 Å². The molecular formula is C19H30IN3O. The molecule has 0 radical (unpaired) electrons. The third-order valence-electron chi connectivity index (χ3n) is 5.58. The Morgan fingerprint density at radius 1 is 1.29 bits per heavy atom. The summed E-state index contributed by atoms with van der Waals surface area (Å²) in [6.45, 7) is 2.81. The standard InChI is InChI=1S/C19H29N3O.HI/c1-20-18(22-14-19(8-5-9-19)10-11-23-2)21-13-16-12-15-6-3-4-7-17(15)16;/h3-4,6-7,16H,5,8-14H2,1-2H3,(H2,20,21,22);1H. The maximum absolute atomic E-state index is 5.27. The van der Waals surface area contributed by atoms with E-state index < -0.39 is 0 Å². The minimum Gasteiger partial charge on any atom is -0.385 e. The van der Waals surface area contributed by atoms with E-state index >= 15 is 0 Å². The Balaban J connectivity index is 0.00000208. The molecule has 0 aromatic heterocycles. The Kier molecular flexibility index (Phi) is 7.34. The second-order valence-electron chi connectivity index (χ2n) is 7.00. The summed E-state index contributed by atoms with van der Waals surface area (Å²) in [4.78, 5) is 4.38. The topological polar surface area (TPSA) is 45.7 Å². The Hall–Kier alpha value is -0.820. The molecule has 134 valence electrons. The van der Waals surface area contributed by atoms with Gasteiger partial charge in [-0.3, -0.25) is 4.99 Å². The number of aliphatic imine (C=N–C) groups is 1. The summed E-state index contributed by atoms with van der Waals surface area (Å²) in [7, 11) is 3.64. The molecule has 1 unspecified atom stereocenters. The fraction of sp³-hybridized carbons (Fsp3) is 0.632. The van der Waals surface area contributed by atoms with Gasteiger partial charge in [0.15, 0.2) is 5.96 Å². The van der Waals surface area contributed by atoms with Crippen molar-refractivity contribution in [2.45, 2.75) is 38.0 Å². The largest absolute Gasteiger partial charge is 0.385 e. The molecule has 1 aromatic rings. The van der Waals surface area contributed by atoms with Crippen molar-refractivity contribution < 1.29 is 4.74 Å². The van der Waals surface area contributed by atoms with E-state index in [1.807, 2.05) is 7.05 Å². The molecule has 0 saturated heterocycles. The minimum absolute atomic E-state index is 0. The molecule has 3 rings (SSSR count). The first-order chi connectivity index (χ1) is 11.3. The summed E-state index contributed by atoms with van der Waals surface area (Å²) in [6, 6.07) is 8.74. The summed E-state index contributed by atoms with van der Waals surface area (Å²) in [5.41, 5.74) is 3.40. The van der Waals surface area contributed by atoms with Gasteiger partial charge in [0.1, 0.15) is 0 Å². The maximum Gasteiger partial charge on any atom is 0.191 e. The first-order valence-corrected chi connectivity index (χ1v) is 8.78. The number of hydrogen-bond donors (Lipinski definition) is 2. The Morgan fingerprint density at radius 3 is 2.71 bits per heavy atom. The molecule has 4 nitrogen and oxygen atoms in total. The van der Waals surface area contributed by atoms with E-state index in [2.05, 4.69) is 39.9 Å². The van der Waals surface area contributed by atoms with E-state index in [0.29, 0.717) is 11.3 Å². The van der Waals surface area contributed by atoms with Gasteiger partial charge in [0.25, 0.3) is 0 Å². The van der Waals surface area contributed by atoms with Crippen molar-refractivity contribution in [1.82, 2.24) is 10.6 Å². The van der Waals surface area contributed by atoms with E-state index in [-0.39, 0.29) is 24.0 Å². The molecule has 2 aliphatic carbocycles. The van der Waals surface area contributed by atoms with Gasteiger partial charge in [-0.15, -0.1) is 24.0 Å². The highest BCUT2D eigenvalue weighted by Gasteiger charge is 2.36. The lowest BCUT2D eigenvalue weighted by molar-refractivity contribution is 0.0732. The van der Waals surface area contributed by atoms with Crippen LogP contribution in [-0.2, 0) is 11.2 Å². The van der Waals surface area contributed by atoms with E-state index in [4.69, 9.17) is 4.74 Å². The average Bonchev–Trinajstić information content (AvgIpc) is 2.52. The van der Waals surface area contributed by atoms with Crippen LogP contribution in [-0.4, -0.2) is 39.8 Å². The molecule has 1 fully saturated rings. The second kappa shape index (κ2) is 9.04. The number of fused-ring (bicyclic) bond motifs is 1. The molecule has 0 bridgehead atoms. The molecular weight excluding hydrogens is 413 g/mol. The van der Waals surface area contributed by atoms with Crippen LogP contribution in [0.15, 0.2) is 29.3 Å². The first-order valence-electron chi connectivity index (χ1n) is 8.78. The van der Waals surface area contributed by atoms with E-state index in [1.54, 1.807) is 7.11 Å². The van der Waals surface area contributed by atoms with Crippen molar-refractivity contribution in [3.8, 4) is 0 Å². The number of ether oxygens (including phenoxy) is 1. The van der Waals surface area contributed by atoms with Crippen LogP contribution in [0.2, 0.25) is 0 Å². The fourth-order valence-electron chi connectivity index (χ4n) is 3.77. The van der Waals surface area contributed by atoms with E-state index in [0.717, 1.165) is 32.1 Å². The number of methoxy groups -OCH3 is 1. The molecule has 1 saturated carbocycles.